The number of hydrogen-bond donors (Lipinski definition) is 1. The molecule has 0 aromatic heterocycles. The van der Waals surface area contributed by atoms with Crippen LogP contribution in [-0.4, -0.2) is 8.42 Å². The number of benzene rings is 1. The summed E-state index contributed by atoms with van der Waals surface area (Å²) in [4.78, 5) is 0. The average molecular weight is 251 g/mol. The average Bonchev–Trinajstić information content (AvgIpc) is 2.28. The molecule has 0 aliphatic heterocycles. The molecule has 1 aromatic rings. The first-order valence-electron chi connectivity index (χ1n) is 5.27. The predicted molar refractivity (Wildman–Crippen MR) is 70.9 cm³/mol. The first kappa shape index (κ1) is 13.7. The van der Waals surface area contributed by atoms with Gasteiger partial charge in [0.2, 0.25) is 10.0 Å². The molecular weight excluding hydrogens is 234 g/mol. The van der Waals surface area contributed by atoms with Crippen LogP contribution in [0.15, 0.2) is 55.6 Å². The van der Waals surface area contributed by atoms with E-state index in [-0.39, 0.29) is 12.8 Å². The lowest BCUT2D eigenvalue weighted by atomic mass is 9.91. The molecule has 17 heavy (non-hydrogen) atoms. The molecule has 0 heterocycles. The molecule has 0 aliphatic carbocycles. The highest BCUT2D eigenvalue weighted by Crippen LogP contribution is 2.36. The van der Waals surface area contributed by atoms with E-state index in [0.717, 1.165) is 0 Å². The Morgan fingerprint density at radius 1 is 1.12 bits per heavy atom. The number of allylic oxidation sites excluding steroid dienone is 2. The molecule has 0 saturated heterocycles. The molecule has 0 amide bonds. The minimum absolute atomic E-state index is 0.266. The van der Waals surface area contributed by atoms with E-state index in [2.05, 4.69) is 13.2 Å². The van der Waals surface area contributed by atoms with E-state index < -0.39 is 14.8 Å². The molecule has 0 bridgehead atoms. The Hall–Kier alpha value is -1.39. The SMILES string of the molecule is C=CCC(CC=C)(c1ccccc1)S(N)(=O)=O. The number of rotatable bonds is 6. The van der Waals surface area contributed by atoms with E-state index in [1.807, 2.05) is 6.07 Å². The Morgan fingerprint density at radius 3 is 1.94 bits per heavy atom. The lowest BCUT2D eigenvalue weighted by Gasteiger charge is -2.30. The van der Waals surface area contributed by atoms with Crippen molar-refractivity contribution in [1.29, 1.82) is 0 Å². The van der Waals surface area contributed by atoms with Crippen molar-refractivity contribution in [3.05, 3.63) is 61.2 Å². The number of primary sulfonamides is 1. The summed E-state index contributed by atoms with van der Waals surface area (Å²) in [5.41, 5.74) is 0.669. The normalized spacial score (nSPS) is 12.1. The molecule has 92 valence electrons. The third-order valence-corrected chi connectivity index (χ3v) is 4.45. The Labute approximate surface area is 103 Å². The summed E-state index contributed by atoms with van der Waals surface area (Å²) < 4.78 is 22.7. The van der Waals surface area contributed by atoms with Crippen LogP contribution in [0.4, 0.5) is 0 Å². The molecule has 4 heteroatoms. The van der Waals surface area contributed by atoms with E-state index in [4.69, 9.17) is 5.14 Å². The van der Waals surface area contributed by atoms with Crippen LogP contribution in [0.25, 0.3) is 0 Å². The third-order valence-electron chi connectivity index (χ3n) is 2.79. The fraction of sp³-hybridized carbons (Fsp3) is 0.231. The molecule has 3 nitrogen and oxygen atoms in total. The van der Waals surface area contributed by atoms with Crippen molar-refractivity contribution in [2.45, 2.75) is 17.6 Å². The lowest BCUT2D eigenvalue weighted by molar-refractivity contribution is 0.522. The van der Waals surface area contributed by atoms with Crippen LogP contribution in [0.3, 0.4) is 0 Å². The van der Waals surface area contributed by atoms with Crippen molar-refractivity contribution in [3.8, 4) is 0 Å². The smallest absolute Gasteiger partial charge is 0.219 e. The third kappa shape index (κ3) is 2.65. The van der Waals surface area contributed by atoms with Crippen LogP contribution < -0.4 is 5.14 Å². The van der Waals surface area contributed by atoms with E-state index in [9.17, 15) is 8.42 Å². The second-order valence-electron chi connectivity index (χ2n) is 3.89. The van der Waals surface area contributed by atoms with Crippen molar-refractivity contribution < 1.29 is 8.42 Å². The highest BCUT2D eigenvalue weighted by atomic mass is 32.2. The summed E-state index contributed by atoms with van der Waals surface area (Å²) >= 11 is 0. The van der Waals surface area contributed by atoms with E-state index >= 15 is 0 Å². The zero-order valence-corrected chi connectivity index (χ0v) is 10.5. The Bertz CT molecular complexity index is 481. The van der Waals surface area contributed by atoms with Crippen LogP contribution in [-0.2, 0) is 14.8 Å². The first-order valence-corrected chi connectivity index (χ1v) is 6.82. The summed E-state index contributed by atoms with van der Waals surface area (Å²) in [6.45, 7) is 7.22. The monoisotopic (exact) mass is 251 g/mol. The van der Waals surface area contributed by atoms with Gasteiger partial charge in [-0.1, -0.05) is 42.5 Å². The summed E-state index contributed by atoms with van der Waals surface area (Å²) in [5.74, 6) is 0. The van der Waals surface area contributed by atoms with Gasteiger partial charge < -0.3 is 0 Å². The maximum Gasteiger partial charge on any atom is 0.219 e. The lowest BCUT2D eigenvalue weighted by Crippen LogP contribution is -2.40. The molecular formula is C13H17NO2S. The minimum Gasteiger partial charge on any atom is -0.228 e. The summed E-state index contributed by atoms with van der Waals surface area (Å²) in [5, 5.41) is 5.40. The number of sulfonamides is 1. The highest BCUT2D eigenvalue weighted by molar-refractivity contribution is 7.90. The summed E-state index contributed by atoms with van der Waals surface area (Å²) in [7, 11) is -3.75. The summed E-state index contributed by atoms with van der Waals surface area (Å²) in [6.07, 6.45) is 3.67. The van der Waals surface area contributed by atoms with Gasteiger partial charge in [-0.25, -0.2) is 13.6 Å². The molecule has 0 atom stereocenters. The maximum absolute atomic E-state index is 11.9. The Morgan fingerprint density at radius 2 is 1.59 bits per heavy atom. The van der Waals surface area contributed by atoms with Crippen LogP contribution >= 0.6 is 0 Å². The van der Waals surface area contributed by atoms with Crippen LogP contribution in [0.1, 0.15) is 18.4 Å². The van der Waals surface area contributed by atoms with Crippen molar-refractivity contribution >= 4 is 10.0 Å². The molecule has 2 N–H and O–H groups in total. The van der Waals surface area contributed by atoms with Gasteiger partial charge in [0.15, 0.2) is 0 Å². The minimum atomic E-state index is -3.75. The fourth-order valence-electron chi connectivity index (χ4n) is 1.92. The van der Waals surface area contributed by atoms with Crippen molar-refractivity contribution in [3.63, 3.8) is 0 Å². The standard InChI is InChI=1S/C13H17NO2S/c1-3-10-13(11-4-2,17(14,15)16)12-8-6-5-7-9-12/h3-9H,1-2,10-11H2,(H2,14,15,16). The van der Waals surface area contributed by atoms with Gasteiger partial charge in [0, 0.05) is 0 Å². The van der Waals surface area contributed by atoms with Gasteiger partial charge >= 0.3 is 0 Å². The molecule has 0 aliphatic rings. The number of nitrogens with two attached hydrogens (primary N) is 1. The maximum atomic E-state index is 11.9. The van der Waals surface area contributed by atoms with E-state index in [0.29, 0.717) is 5.56 Å². The van der Waals surface area contributed by atoms with Crippen LogP contribution in [0.5, 0.6) is 0 Å². The second-order valence-corrected chi connectivity index (χ2v) is 5.76. The second kappa shape index (κ2) is 5.29. The van der Waals surface area contributed by atoms with Gasteiger partial charge in [-0.05, 0) is 18.4 Å². The first-order chi connectivity index (χ1) is 7.98. The summed E-state index contributed by atoms with van der Waals surface area (Å²) in [6, 6.07) is 8.94. The molecule has 0 unspecified atom stereocenters. The van der Waals surface area contributed by atoms with Gasteiger partial charge in [0.05, 0.1) is 0 Å². The van der Waals surface area contributed by atoms with Crippen molar-refractivity contribution in [2.24, 2.45) is 5.14 Å². The predicted octanol–water partition coefficient (Wildman–Crippen LogP) is 2.32. The van der Waals surface area contributed by atoms with Crippen LogP contribution in [0.2, 0.25) is 0 Å². The molecule has 0 fully saturated rings. The van der Waals surface area contributed by atoms with Crippen molar-refractivity contribution in [1.82, 2.24) is 0 Å². The quantitative estimate of drug-likeness (QED) is 0.789. The van der Waals surface area contributed by atoms with Gasteiger partial charge in [-0.3, -0.25) is 0 Å². The Kier molecular flexibility index (Phi) is 4.26. The topological polar surface area (TPSA) is 60.2 Å². The van der Waals surface area contributed by atoms with Gasteiger partial charge in [-0.2, -0.15) is 0 Å². The van der Waals surface area contributed by atoms with E-state index in [1.165, 1.54) is 0 Å². The molecule has 1 aromatic carbocycles. The van der Waals surface area contributed by atoms with Crippen LogP contribution in [0, 0.1) is 0 Å². The molecule has 0 spiro atoms. The number of hydrogen-bond acceptors (Lipinski definition) is 2. The molecule has 1 rings (SSSR count). The fourth-order valence-corrected chi connectivity index (χ4v) is 3.09. The van der Waals surface area contributed by atoms with Gasteiger partial charge in [0.25, 0.3) is 0 Å². The molecule has 0 radical (unpaired) electrons. The molecule has 0 saturated carbocycles. The van der Waals surface area contributed by atoms with Crippen molar-refractivity contribution in [2.75, 3.05) is 0 Å². The zero-order valence-electron chi connectivity index (χ0n) is 9.67. The van der Waals surface area contributed by atoms with Gasteiger partial charge in [0.1, 0.15) is 4.75 Å². The Balaban J connectivity index is 3.45. The van der Waals surface area contributed by atoms with Gasteiger partial charge in [-0.15, -0.1) is 13.2 Å². The zero-order chi connectivity index (χ0) is 12.9. The highest BCUT2D eigenvalue weighted by Gasteiger charge is 2.40. The van der Waals surface area contributed by atoms with E-state index in [1.54, 1.807) is 36.4 Å². The largest absolute Gasteiger partial charge is 0.228 e.